The highest BCUT2D eigenvalue weighted by atomic mass is 32.1. The molecule has 0 spiro atoms. The van der Waals surface area contributed by atoms with Crippen LogP contribution in [0.2, 0.25) is 0 Å². The Morgan fingerprint density at radius 2 is 2.25 bits per heavy atom. The van der Waals surface area contributed by atoms with Crippen molar-refractivity contribution in [2.45, 2.75) is 13.3 Å². The number of hydrogen-bond donors (Lipinski definition) is 2. The van der Waals surface area contributed by atoms with Crippen molar-refractivity contribution in [3.63, 3.8) is 0 Å². The molecule has 2 aromatic rings. The summed E-state index contributed by atoms with van der Waals surface area (Å²) in [4.78, 5) is 13.0. The van der Waals surface area contributed by atoms with Crippen LogP contribution in [0.5, 0.6) is 0 Å². The quantitative estimate of drug-likeness (QED) is 0.852. The highest BCUT2D eigenvalue weighted by Gasteiger charge is 2.12. The lowest BCUT2D eigenvalue weighted by atomic mass is 10.2. The van der Waals surface area contributed by atoms with E-state index in [2.05, 4.69) is 17.2 Å². The van der Waals surface area contributed by atoms with Crippen molar-refractivity contribution in [3.8, 4) is 11.8 Å². The number of nitrogens with one attached hydrogen (secondary N) is 1. The average molecular weight is 285 g/mol. The maximum Gasteiger partial charge on any atom is 0.266 e. The van der Waals surface area contributed by atoms with E-state index in [0.717, 1.165) is 22.4 Å². The summed E-state index contributed by atoms with van der Waals surface area (Å²) in [5.74, 6) is 5.31. The summed E-state index contributed by atoms with van der Waals surface area (Å²) in [6.45, 7) is 1.86. The number of aliphatic hydroxyl groups excluding tert-OH is 1. The zero-order valence-electron chi connectivity index (χ0n) is 11.1. The van der Waals surface area contributed by atoms with Gasteiger partial charge >= 0.3 is 0 Å². The number of benzene rings is 1. The maximum atomic E-state index is 12.2. The number of anilines is 1. The fourth-order valence-corrected chi connectivity index (χ4v) is 2.71. The summed E-state index contributed by atoms with van der Waals surface area (Å²) in [5, 5.41) is 13.5. The number of thiophene rings is 1. The molecule has 1 amide bonds. The molecule has 0 aliphatic carbocycles. The molecule has 1 aromatic heterocycles. The van der Waals surface area contributed by atoms with E-state index in [1.54, 1.807) is 6.07 Å². The van der Waals surface area contributed by atoms with Crippen LogP contribution in [0.1, 0.15) is 27.7 Å². The molecule has 0 saturated heterocycles. The van der Waals surface area contributed by atoms with E-state index in [4.69, 9.17) is 5.11 Å². The van der Waals surface area contributed by atoms with Crippen molar-refractivity contribution in [2.24, 2.45) is 0 Å². The van der Waals surface area contributed by atoms with Gasteiger partial charge < -0.3 is 10.4 Å². The van der Waals surface area contributed by atoms with E-state index in [1.165, 1.54) is 11.3 Å². The third kappa shape index (κ3) is 3.47. The van der Waals surface area contributed by atoms with E-state index in [-0.39, 0.29) is 12.5 Å². The first-order valence-electron chi connectivity index (χ1n) is 6.32. The monoisotopic (exact) mass is 285 g/mol. The van der Waals surface area contributed by atoms with Gasteiger partial charge in [0.25, 0.3) is 5.91 Å². The normalized spacial score (nSPS) is 9.70. The van der Waals surface area contributed by atoms with E-state index in [0.29, 0.717) is 5.69 Å². The highest BCUT2D eigenvalue weighted by molar-refractivity contribution is 7.12. The molecular formula is C16H15NO2S. The molecule has 2 rings (SSSR count). The highest BCUT2D eigenvalue weighted by Crippen LogP contribution is 2.19. The Labute approximate surface area is 122 Å². The Balaban J connectivity index is 2.16. The SMILES string of the molecule is CCc1ccsc1C(=O)Nc1cccc(C#CCO)c1. The lowest BCUT2D eigenvalue weighted by Gasteiger charge is -2.05. The van der Waals surface area contributed by atoms with Crippen LogP contribution < -0.4 is 5.32 Å². The topological polar surface area (TPSA) is 49.3 Å². The molecule has 0 aliphatic heterocycles. The molecule has 0 aliphatic rings. The Morgan fingerprint density at radius 3 is 3.00 bits per heavy atom. The van der Waals surface area contributed by atoms with Gasteiger partial charge in [-0.15, -0.1) is 11.3 Å². The Bertz CT molecular complexity index is 664. The Morgan fingerprint density at radius 1 is 1.40 bits per heavy atom. The first-order chi connectivity index (χ1) is 9.74. The van der Waals surface area contributed by atoms with Crippen LogP contribution in [0.4, 0.5) is 5.69 Å². The summed E-state index contributed by atoms with van der Waals surface area (Å²) in [6, 6.07) is 9.25. The van der Waals surface area contributed by atoms with Gasteiger partial charge in [-0.3, -0.25) is 4.79 Å². The number of aliphatic hydroxyl groups is 1. The van der Waals surface area contributed by atoms with Crippen LogP contribution in [0, 0.1) is 11.8 Å². The van der Waals surface area contributed by atoms with Crippen molar-refractivity contribution >= 4 is 22.9 Å². The van der Waals surface area contributed by atoms with Crippen molar-refractivity contribution in [1.29, 1.82) is 0 Å². The second-order valence-electron chi connectivity index (χ2n) is 4.12. The van der Waals surface area contributed by atoms with Gasteiger partial charge in [0.05, 0.1) is 4.88 Å². The van der Waals surface area contributed by atoms with Gasteiger partial charge in [-0.1, -0.05) is 24.8 Å². The van der Waals surface area contributed by atoms with E-state index < -0.39 is 0 Å². The third-order valence-electron chi connectivity index (χ3n) is 2.77. The van der Waals surface area contributed by atoms with E-state index >= 15 is 0 Å². The van der Waals surface area contributed by atoms with Gasteiger partial charge in [-0.25, -0.2) is 0 Å². The number of carbonyl (C=O) groups excluding carboxylic acids is 1. The van der Waals surface area contributed by atoms with Crippen molar-refractivity contribution in [1.82, 2.24) is 0 Å². The van der Waals surface area contributed by atoms with E-state index in [9.17, 15) is 4.79 Å². The molecule has 3 nitrogen and oxygen atoms in total. The van der Waals surface area contributed by atoms with Crippen LogP contribution >= 0.6 is 11.3 Å². The summed E-state index contributed by atoms with van der Waals surface area (Å²) in [5.41, 5.74) is 2.53. The summed E-state index contributed by atoms with van der Waals surface area (Å²) in [6.07, 6.45) is 0.842. The molecule has 0 atom stereocenters. The lowest BCUT2D eigenvalue weighted by molar-refractivity contribution is 0.103. The first kappa shape index (κ1) is 14.3. The molecule has 1 aromatic carbocycles. The molecule has 0 unspecified atom stereocenters. The minimum Gasteiger partial charge on any atom is -0.384 e. The van der Waals surface area contributed by atoms with Gasteiger partial charge in [0.15, 0.2) is 0 Å². The van der Waals surface area contributed by atoms with Gasteiger partial charge in [-0.2, -0.15) is 0 Å². The zero-order valence-corrected chi connectivity index (χ0v) is 12.0. The molecule has 20 heavy (non-hydrogen) atoms. The number of aryl methyl sites for hydroxylation is 1. The van der Waals surface area contributed by atoms with Crippen LogP contribution in [0.15, 0.2) is 35.7 Å². The number of amides is 1. The van der Waals surface area contributed by atoms with Crippen LogP contribution in [-0.4, -0.2) is 17.6 Å². The molecule has 0 radical (unpaired) electrons. The van der Waals surface area contributed by atoms with E-state index in [1.807, 2.05) is 36.6 Å². The smallest absolute Gasteiger partial charge is 0.266 e. The van der Waals surface area contributed by atoms with Crippen molar-refractivity contribution in [2.75, 3.05) is 11.9 Å². The fourth-order valence-electron chi connectivity index (χ4n) is 1.82. The van der Waals surface area contributed by atoms with Gasteiger partial charge in [0, 0.05) is 11.3 Å². The second-order valence-corrected chi connectivity index (χ2v) is 5.04. The van der Waals surface area contributed by atoms with Gasteiger partial charge in [0.1, 0.15) is 6.61 Å². The lowest BCUT2D eigenvalue weighted by Crippen LogP contribution is -2.11. The van der Waals surface area contributed by atoms with Crippen LogP contribution in [-0.2, 0) is 6.42 Å². The molecule has 2 N–H and O–H groups in total. The van der Waals surface area contributed by atoms with Crippen LogP contribution in [0.25, 0.3) is 0 Å². The van der Waals surface area contributed by atoms with Gasteiger partial charge in [-0.05, 0) is 41.6 Å². The number of rotatable bonds is 3. The van der Waals surface area contributed by atoms with Crippen LogP contribution in [0.3, 0.4) is 0 Å². The molecule has 102 valence electrons. The second kappa shape index (κ2) is 6.90. The average Bonchev–Trinajstić information content (AvgIpc) is 2.94. The summed E-state index contributed by atoms with van der Waals surface area (Å²) in [7, 11) is 0. The predicted octanol–water partition coefficient (Wildman–Crippen LogP) is 2.91. The molecule has 4 heteroatoms. The molecule has 0 fully saturated rings. The standard InChI is InChI=1S/C16H15NO2S/c1-2-13-8-10-20-15(13)16(19)17-14-7-3-5-12(11-14)6-4-9-18/h3,5,7-8,10-11,18H,2,9H2,1H3,(H,17,19). The van der Waals surface area contributed by atoms with Gasteiger partial charge in [0.2, 0.25) is 0 Å². The number of hydrogen-bond acceptors (Lipinski definition) is 3. The largest absolute Gasteiger partial charge is 0.384 e. The summed E-state index contributed by atoms with van der Waals surface area (Å²) < 4.78 is 0. The van der Waals surface area contributed by atoms with Crippen molar-refractivity contribution < 1.29 is 9.90 Å². The summed E-state index contributed by atoms with van der Waals surface area (Å²) >= 11 is 1.45. The molecule has 0 bridgehead atoms. The number of carbonyl (C=O) groups is 1. The first-order valence-corrected chi connectivity index (χ1v) is 7.20. The Hall–Kier alpha value is -2.09. The Kier molecular flexibility index (Phi) is 4.94. The molecular weight excluding hydrogens is 270 g/mol. The molecule has 0 saturated carbocycles. The maximum absolute atomic E-state index is 12.2. The third-order valence-corrected chi connectivity index (χ3v) is 3.72. The van der Waals surface area contributed by atoms with Crippen molar-refractivity contribution in [3.05, 3.63) is 51.7 Å². The minimum atomic E-state index is -0.175. The predicted molar refractivity (Wildman–Crippen MR) is 82.1 cm³/mol. The minimum absolute atomic E-state index is 0.0934. The zero-order chi connectivity index (χ0) is 14.4. The fraction of sp³-hybridized carbons (Fsp3) is 0.188. The molecule has 1 heterocycles.